The van der Waals surface area contributed by atoms with Gasteiger partial charge >= 0.3 is 0 Å². The first-order chi connectivity index (χ1) is 6.29. The van der Waals surface area contributed by atoms with E-state index in [9.17, 15) is 0 Å². The average molecular weight is 366 g/mol. The van der Waals surface area contributed by atoms with Gasteiger partial charge in [-0.05, 0) is 25.1 Å². The van der Waals surface area contributed by atoms with Crippen molar-refractivity contribution in [1.29, 1.82) is 0 Å². The van der Waals surface area contributed by atoms with Crippen LogP contribution in [0.25, 0.3) is 5.69 Å². The maximum Gasteiger partial charge on any atom is 0.0525 e. The van der Waals surface area contributed by atoms with Crippen molar-refractivity contribution in [1.82, 2.24) is 9.78 Å². The second kappa shape index (κ2) is 4.56. The number of para-hydroxylation sites is 1. The van der Waals surface area contributed by atoms with Gasteiger partial charge in [-0.1, -0.05) is 0 Å². The smallest absolute Gasteiger partial charge is 0.0525 e. The van der Waals surface area contributed by atoms with Crippen LogP contribution in [0.4, 0.5) is 0 Å². The molecule has 0 saturated heterocycles. The molecule has 0 aliphatic rings. The third-order valence-corrected chi connectivity index (χ3v) is 2.18. The topological polar surface area (TPSA) is 17.8 Å². The molecule has 2 aromatic rings. The molecule has 0 aliphatic carbocycles. The number of hydrogen-bond acceptors (Lipinski definition) is 1. The van der Waals surface area contributed by atoms with Crippen molar-refractivity contribution in [2.75, 3.05) is 0 Å². The van der Waals surface area contributed by atoms with Crippen LogP contribution >= 0.6 is 0 Å². The van der Waals surface area contributed by atoms with E-state index >= 15 is 0 Å². The summed E-state index contributed by atoms with van der Waals surface area (Å²) in [6.45, 7) is 4.12. The quantitative estimate of drug-likeness (QED) is 0.709. The van der Waals surface area contributed by atoms with Gasteiger partial charge in [0.15, 0.2) is 0 Å². The standard InChI is InChI=1S/C11H11N2.Pt/c1-9-8-12-13(10(9)2)11-6-4-3-5-7-11;/h3-6,8H,1-2H3;/q-1;. The van der Waals surface area contributed by atoms with Gasteiger partial charge in [0.2, 0.25) is 0 Å². The van der Waals surface area contributed by atoms with E-state index in [0.29, 0.717) is 0 Å². The average Bonchev–Trinajstić information content (AvgIpc) is 2.49. The van der Waals surface area contributed by atoms with Gasteiger partial charge in [-0.15, -0.1) is 6.07 Å². The summed E-state index contributed by atoms with van der Waals surface area (Å²) in [6.07, 6.45) is 1.87. The second-order valence-corrected chi connectivity index (χ2v) is 3.07. The molecule has 1 heterocycles. The van der Waals surface area contributed by atoms with Gasteiger partial charge in [0.05, 0.1) is 6.20 Å². The normalized spacial score (nSPS) is 9.57. The van der Waals surface area contributed by atoms with Gasteiger partial charge in [-0.3, -0.25) is 4.68 Å². The summed E-state index contributed by atoms with van der Waals surface area (Å²) in [5.41, 5.74) is 3.37. The maximum absolute atomic E-state index is 4.27. The first-order valence-corrected chi connectivity index (χ1v) is 4.27. The Hall–Kier alpha value is -0.882. The summed E-state index contributed by atoms with van der Waals surface area (Å²) in [6, 6.07) is 11.0. The first-order valence-electron chi connectivity index (χ1n) is 4.27. The fraction of sp³-hybridized carbons (Fsp3) is 0.182. The molecule has 0 amide bonds. The van der Waals surface area contributed by atoms with Crippen molar-refractivity contribution < 1.29 is 21.1 Å². The van der Waals surface area contributed by atoms with E-state index < -0.39 is 0 Å². The zero-order valence-corrected chi connectivity index (χ0v) is 10.4. The van der Waals surface area contributed by atoms with Gasteiger partial charge in [-0.25, -0.2) is 0 Å². The van der Waals surface area contributed by atoms with Gasteiger partial charge in [0, 0.05) is 26.8 Å². The van der Waals surface area contributed by atoms with Crippen molar-refractivity contribution in [3.63, 3.8) is 0 Å². The van der Waals surface area contributed by atoms with Crippen LogP contribution in [0.2, 0.25) is 0 Å². The summed E-state index contributed by atoms with van der Waals surface area (Å²) in [5.74, 6) is 0. The van der Waals surface area contributed by atoms with Gasteiger partial charge in [0.25, 0.3) is 0 Å². The molecule has 2 rings (SSSR count). The van der Waals surface area contributed by atoms with E-state index in [1.807, 2.05) is 35.1 Å². The molecule has 76 valence electrons. The Morgan fingerprint density at radius 2 is 2.07 bits per heavy atom. The number of hydrogen-bond donors (Lipinski definition) is 0. The number of aromatic nitrogens is 2. The number of rotatable bonds is 1. The van der Waals surface area contributed by atoms with E-state index in [-0.39, 0.29) is 21.1 Å². The number of aryl methyl sites for hydroxylation is 1. The molecule has 2 nitrogen and oxygen atoms in total. The minimum atomic E-state index is 0. The van der Waals surface area contributed by atoms with Crippen LogP contribution in [-0.2, 0) is 21.1 Å². The van der Waals surface area contributed by atoms with Crippen LogP contribution in [0.1, 0.15) is 11.3 Å². The zero-order chi connectivity index (χ0) is 9.26. The van der Waals surface area contributed by atoms with Crippen molar-refractivity contribution in [2.24, 2.45) is 0 Å². The molecule has 0 radical (unpaired) electrons. The fourth-order valence-electron chi connectivity index (χ4n) is 1.25. The molecule has 0 N–H and O–H groups in total. The van der Waals surface area contributed by atoms with Crippen molar-refractivity contribution >= 4 is 0 Å². The zero-order valence-electron chi connectivity index (χ0n) is 8.10. The Morgan fingerprint density at radius 3 is 2.57 bits per heavy atom. The van der Waals surface area contributed by atoms with Gasteiger partial charge < -0.3 is 0 Å². The molecule has 0 bridgehead atoms. The number of benzene rings is 1. The molecule has 1 aromatic heterocycles. The molecule has 0 aliphatic heterocycles. The SMILES string of the molecule is Cc1cnn(-c2[c-]cccc2)c1C.[Pt]. The molecule has 0 atom stereocenters. The summed E-state index contributed by atoms with van der Waals surface area (Å²) in [4.78, 5) is 0. The van der Waals surface area contributed by atoms with Gasteiger partial charge in [0.1, 0.15) is 0 Å². The van der Waals surface area contributed by atoms with Crippen LogP contribution in [0.3, 0.4) is 0 Å². The minimum absolute atomic E-state index is 0. The van der Waals surface area contributed by atoms with Crippen LogP contribution < -0.4 is 0 Å². The summed E-state index contributed by atoms with van der Waals surface area (Å²) in [5, 5.41) is 4.27. The molecule has 0 unspecified atom stereocenters. The van der Waals surface area contributed by atoms with Crippen molar-refractivity contribution in [2.45, 2.75) is 13.8 Å². The third kappa shape index (κ3) is 1.96. The van der Waals surface area contributed by atoms with E-state index in [1.165, 1.54) is 11.3 Å². The number of nitrogens with zero attached hydrogens (tertiary/aromatic N) is 2. The molecule has 3 heteroatoms. The minimum Gasteiger partial charge on any atom is -0.263 e. The molecule has 14 heavy (non-hydrogen) atoms. The van der Waals surface area contributed by atoms with Crippen LogP contribution in [0.15, 0.2) is 30.5 Å². The first kappa shape index (κ1) is 11.2. The molecule has 1 aromatic carbocycles. The second-order valence-electron chi connectivity index (χ2n) is 3.07. The van der Waals surface area contributed by atoms with E-state index in [0.717, 1.165) is 5.69 Å². The van der Waals surface area contributed by atoms with E-state index in [4.69, 9.17) is 0 Å². The predicted molar refractivity (Wildman–Crippen MR) is 51.9 cm³/mol. The maximum atomic E-state index is 4.27. The van der Waals surface area contributed by atoms with E-state index in [1.54, 1.807) is 0 Å². The van der Waals surface area contributed by atoms with Gasteiger partial charge in [-0.2, -0.15) is 29.4 Å². The third-order valence-electron chi connectivity index (χ3n) is 2.18. The Balaban J connectivity index is 0.000000980. The Kier molecular flexibility index (Phi) is 3.65. The summed E-state index contributed by atoms with van der Waals surface area (Å²) in [7, 11) is 0. The molecule has 0 saturated carbocycles. The largest absolute Gasteiger partial charge is 0.263 e. The summed E-state index contributed by atoms with van der Waals surface area (Å²) >= 11 is 0. The van der Waals surface area contributed by atoms with Crippen molar-refractivity contribution in [3.05, 3.63) is 47.8 Å². The molecule has 0 spiro atoms. The molecule has 0 fully saturated rings. The Morgan fingerprint density at radius 1 is 1.29 bits per heavy atom. The molecular formula is C11H11N2Pt-. The Bertz CT molecular complexity index is 406. The van der Waals surface area contributed by atoms with E-state index in [2.05, 4.69) is 25.0 Å². The van der Waals surface area contributed by atoms with Crippen LogP contribution in [0, 0.1) is 19.9 Å². The predicted octanol–water partition coefficient (Wildman–Crippen LogP) is 2.29. The fourth-order valence-corrected chi connectivity index (χ4v) is 1.25. The monoisotopic (exact) mass is 366 g/mol. The van der Waals surface area contributed by atoms with Crippen LogP contribution in [-0.4, -0.2) is 9.78 Å². The van der Waals surface area contributed by atoms with Crippen molar-refractivity contribution in [3.8, 4) is 5.69 Å². The summed E-state index contributed by atoms with van der Waals surface area (Å²) < 4.78 is 1.90. The van der Waals surface area contributed by atoms with Crippen LogP contribution in [0.5, 0.6) is 0 Å². The molecular weight excluding hydrogens is 355 g/mol. The Labute approximate surface area is 98.2 Å².